The smallest absolute Gasteiger partial charge is 0.182 e. The van der Waals surface area contributed by atoms with Crippen molar-refractivity contribution in [3.05, 3.63) is 10.1 Å². The summed E-state index contributed by atoms with van der Waals surface area (Å²) in [6, 6.07) is 0. The van der Waals surface area contributed by atoms with Crippen LogP contribution in [0.4, 0.5) is 0 Å². The van der Waals surface area contributed by atoms with E-state index in [0.717, 1.165) is 12.1 Å². The summed E-state index contributed by atoms with van der Waals surface area (Å²) in [6.07, 6.45) is 2.77. The highest BCUT2D eigenvalue weighted by molar-refractivity contribution is 4.50. The third-order valence-corrected chi connectivity index (χ3v) is 2.59. The van der Waals surface area contributed by atoms with E-state index in [2.05, 4.69) is 6.92 Å². The van der Waals surface area contributed by atoms with Gasteiger partial charge in [-0.1, -0.05) is 0 Å². The van der Waals surface area contributed by atoms with Crippen LogP contribution < -0.4 is 0 Å². The predicted molar refractivity (Wildman–Crippen MR) is 50.8 cm³/mol. The summed E-state index contributed by atoms with van der Waals surface area (Å²) >= 11 is 0. The molecule has 0 spiro atoms. The summed E-state index contributed by atoms with van der Waals surface area (Å²) in [5, 5.41) is 9.00. The summed E-state index contributed by atoms with van der Waals surface area (Å²) in [5.41, 5.74) is 0. The van der Waals surface area contributed by atoms with Crippen LogP contribution in [0.15, 0.2) is 5.34 Å². The molecule has 0 aliphatic carbocycles. The number of hydrogen-bond donors (Lipinski definition) is 0. The fourth-order valence-electron chi connectivity index (χ4n) is 1.82. The molecule has 78 valence electrons. The normalized spacial score (nSPS) is 18.9. The summed E-state index contributed by atoms with van der Waals surface area (Å²) in [5.74, 6) is 0. The monoisotopic (exact) mass is 190 g/mol. The van der Waals surface area contributed by atoms with Crippen LogP contribution in [-0.2, 0) is 4.74 Å². The molecular formula is C8H18N2O3. The van der Waals surface area contributed by atoms with Gasteiger partial charge in [-0.15, -0.1) is 5.34 Å². The first-order valence-corrected chi connectivity index (χ1v) is 4.53. The highest BCUT2D eigenvalue weighted by Crippen LogP contribution is 2.18. The van der Waals surface area contributed by atoms with Crippen LogP contribution in [0.2, 0.25) is 0 Å². The van der Waals surface area contributed by atoms with Gasteiger partial charge >= 0.3 is 0 Å². The van der Waals surface area contributed by atoms with Crippen molar-refractivity contribution in [3.63, 3.8) is 0 Å². The average molecular weight is 190 g/mol. The van der Waals surface area contributed by atoms with Gasteiger partial charge < -0.3 is 19.3 Å². The van der Waals surface area contributed by atoms with E-state index < -0.39 is 0 Å². The fraction of sp³-hybridized carbons (Fsp3) is 1.00. The molecule has 0 N–H and O–H groups in total. The van der Waals surface area contributed by atoms with Crippen LogP contribution in [0.3, 0.4) is 0 Å². The van der Waals surface area contributed by atoms with Crippen LogP contribution in [-0.4, -0.2) is 38.0 Å². The van der Waals surface area contributed by atoms with E-state index in [9.17, 15) is 0 Å². The second kappa shape index (κ2) is 6.80. The fourth-order valence-corrected chi connectivity index (χ4v) is 1.82. The van der Waals surface area contributed by atoms with Crippen molar-refractivity contribution in [3.8, 4) is 0 Å². The van der Waals surface area contributed by atoms with E-state index in [1.165, 1.54) is 37.0 Å². The molecule has 0 amide bonds. The summed E-state index contributed by atoms with van der Waals surface area (Å²) in [4.78, 5) is 8.00. The Kier molecular flexibility index (Phi) is 6.44. The van der Waals surface area contributed by atoms with Crippen molar-refractivity contribution in [2.24, 2.45) is 5.34 Å². The minimum Gasteiger partial charge on any atom is -0.444 e. The van der Waals surface area contributed by atoms with Crippen molar-refractivity contribution in [2.45, 2.75) is 19.8 Å². The molecule has 1 rings (SSSR count). The van der Waals surface area contributed by atoms with E-state index in [0.29, 0.717) is 0 Å². The second-order valence-electron chi connectivity index (χ2n) is 3.30. The maximum Gasteiger partial charge on any atom is 0.182 e. The van der Waals surface area contributed by atoms with Gasteiger partial charge in [0.25, 0.3) is 0 Å². The van der Waals surface area contributed by atoms with Gasteiger partial charge in [0.15, 0.2) is 6.73 Å². The number of likely N-dealkylation sites (tertiary alicyclic amines) is 1. The molecule has 1 aliphatic heterocycles. The maximum absolute atomic E-state index is 8.00. The molecule has 0 aromatic heterocycles. The number of nitrogens with zero attached hydrogens (tertiary/aromatic N) is 2. The lowest BCUT2D eigenvalue weighted by atomic mass is 10.4. The Labute approximate surface area is 78.8 Å². The Morgan fingerprint density at radius 1 is 1.46 bits per heavy atom. The maximum atomic E-state index is 8.00. The van der Waals surface area contributed by atoms with E-state index in [1.54, 1.807) is 7.11 Å². The Hall–Kier alpha value is -0.680. The average Bonchev–Trinajstić information content (AvgIpc) is 2.56. The predicted octanol–water partition coefficient (Wildman–Crippen LogP) is 1.47. The van der Waals surface area contributed by atoms with Gasteiger partial charge in [0.1, 0.15) is 0 Å². The highest BCUT2D eigenvalue weighted by Gasteiger charge is 2.29. The summed E-state index contributed by atoms with van der Waals surface area (Å²) in [6.45, 7) is 7.04. The topological polar surface area (TPSA) is 61.7 Å². The Morgan fingerprint density at radius 3 is 2.23 bits per heavy atom. The highest BCUT2D eigenvalue weighted by atomic mass is 16.6. The molecule has 1 saturated heterocycles. The Bertz CT molecular complexity index is 135. The number of rotatable bonds is 3. The van der Waals surface area contributed by atoms with Crippen molar-refractivity contribution in [1.29, 1.82) is 0 Å². The lowest BCUT2D eigenvalue weighted by Gasteiger charge is -2.31. The standard InChI is InChI=1S/C8H18NO.HNO2/c1-3-9(8-10-2)6-4-5-7-9;2-1-3/h3-8H2,1-2H3;(H,2,3)/q+1;/p-1. The quantitative estimate of drug-likeness (QED) is 0.384. The number of hydrogen-bond acceptors (Lipinski definition) is 4. The Balaban J connectivity index is 0.000000424. The van der Waals surface area contributed by atoms with Gasteiger partial charge in [-0.3, -0.25) is 0 Å². The van der Waals surface area contributed by atoms with E-state index in [-0.39, 0.29) is 0 Å². The third-order valence-electron chi connectivity index (χ3n) is 2.59. The molecule has 0 atom stereocenters. The molecule has 5 heteroatoms. The van der Waals surface area contributed by atoms with E-state index in [4.69, 9.17) is 14.9 Å². The van der Waals surface area contributed by atoms with Gasteiger partial charge in [-0.25, -0.2) is 0 Å². The molecule has 13 heavy (non-hydrogen) atoms. The summed E-state index contributed by atoms with van der Waals surface area (Å²) < 4.78 is 6.38. The zero-order valence-electron chi connectivity index (χ0n) is 8.36. The van der Waals surface area contributed by atoms with Crippen molar-refractivity contribution in [1.82, 2.24) is 0 Å². The molecule has 1 aliphatic rings. The lowest BCUT2D eigenvalue weighted by Crippen LogP contribution is -2.46. The second-order valence-corrected chi connectivity index (χ2v) is 3.30. The molecule has 0 saturated carbocycles. The Morgan fingerprint density at radius 2 is 1.92 bits per heavy atom. The first kappa shape index (κ1) is 12.3. The van der Waals surface area contributed by atoms with E-state index >= 15 is 0 Å². The SMILES string of the molecule is CC[N+]1(COC)CCCC1.O=N[O-]. The van der Waals surface area contributed by atoms with Gasteiger partial charge in [0.05, 0.1) is 19.6 Å². The lowest BCUT2D eigenvalue weighted by molar-refractivity contribution is -0.932. The first-order chi connectivity index (χ1) is 6.24. The van der Waals surface area contributed by atoms with Crippen LogP contribution in [0.25, 0.3) is 0 Å². The zero-order chi connectivity index (χ0) is 10.2. The van der Waals surface area contributed by atoms with Crippen molar-refractivity contribution >= 4 is 0 Å². The largest absolute Gasteiger partial charge is 0.444 e. The molecule has 0 aromatic carbocycles. The zero-order valence-corrected chi connectivity index (χ0v) is 8.36. The minimum absolute atomic E-state index is 0.913. The first-order valence-electron chi connectivity index (χ1n) is 4.53. The van der Waals surface area contributed by atoms with Gasteiger partial charge in [-0.05, 0) is 6.92 Å². The minimum atomic E-state index is 0.913. The van der Waals surface area contributed by atoms with Gasteiger partial charge in [0.2, 0.25) is 0 Å². The van der Waals surface area contributed by atoms with Crippen LogP contribution in [0.5, 0.6) is 0 Å². The van der Waals surface area contributed by atoms with Crippen LogP contribution in [0, 0.1) is 10.1 Å². The molecule has 1 fully saturated rings. The molecule has 0 unspecified atom stereocenters. The van der Waals surface area contributed by atoms with Gasteiger partial charge in [0, 0.05) is 20.0 Å². The molecule has 5 nitrogen and oxygen atoms in total. The molecular weight excluding hydrogens is 172 g/mol. The van der Waals surface area contributed by atoms with Gasteiger partial charge in [-0.2, -0.15) is 0 Å². The molecule has 1 heterocycles. The van der Waals surface area contributed by atoms with Crippen LogP contribution in [0.1, 0.15) is 19.8 Å². The van der Waals surface area contributed by atoms with E-state index in [1.807, 2.05) is 0 Å². The van der Waals surface area contributed by atoms with Crippen molar-refractivity contribution in [2.75, 3.05) is 33.5 Å². The molecule has 0 bridgehead atoms. The number of ether oxygens (including phenoxy) is 1. The molecule has 0 radical (unpaired) electrons. The number of quaternary nitrogens is 1. The summed E-state index contributed by atoms with van der Waals surface area (Å²) in [7, 11) is 1.80. The third kappa shape index (κ3) is 4.19. The van der Waals surface area contributed by atoms with Crippen molar-refractivity contribution < 1.29 is 9.22 Å². The molecule has 0 aromatic rings. The number of methoxy groups -OCH3 is 1. The van der Waals surface area contributed by atoms with Crippen LogP contribution >= 0.6 is 0 Å².